The molecule has 1 atom stereocenters. The lowest BCUT2D eigenvalue weighted by molar-refractivity contribution is -0.124. The van der Waals surface area contributed by atoms with E-state index in [0.717, 1.165) is 12.1 Å². The van der Waals surface area contributed by atoms with Crippen LogP contribution in [0.3, 0.4) is 0 Å². The molecule has 8 heteroatoms. The smallest absolute Gasteiger partial charge is 0.324 e. The monoisotopic (exact) mass is 450 g/mol. The van der Waals surface area contributed by atoms with Crippen LogP contribution >= 0.6 is 11.8 Å². The van der Waals surface area contributed by atoms with Gasteiger partial charge in [0.25, 0.3) is 5.56 Å². The zero-order valence-corrected chi connectivity index (χ0v) is 19.0. The number of carbonyl (C=O) groups is 2. The van der Waals surface area contributed by atoms with Crippen molar-refractivity contribution in [3.63, 3.8) is 0 Å². The first-order chi connectivity index (χ1) is 15.5. The number of thioether (sulfide) groups is 1. The lowest BCUT2D eigenvalue weighted by atomic mass is 9.98. The van der Waals surface area contributed by atoms with Crippen molar-refractivity contribution in [2.45, 2.75) is 37.8 Å². The first kappa shape index (κ1) is 22.1. The average Bonchev–Trinajstić information content (AvgIpc) is 3.13. The Kier molecular flexibility index (Phi) is 6.60. The number of nitrogens with zero attached hydrogens (tertiary/aromatic N) is 3. The van der Waals surface area contributed by atoms with Gasteiger partial charge in [-0.3, -0.25) is 19.1 Å². The lowest BCUT2D eigenvalue weighted by Gasteiger charge is -2.15. The van der Waals surface area contributed by atoms with Crippen LogP contribution in [-0.4, -0.2) is 45.2 Å². The maximum absolute atomic E-state index is 13.4. The molecule has 0 spiro atoms. The fourth-order valence-electron chi connectivity index (χ4n) is 3.69. The van der Waals surface area contributed by atoms with Gasteiger partial charge in [-0.2, -0.15) is 0 Å². The molecule has 1 unspecified atom stereocenters. The Balaban J connectivity index is 1.61. The third kappa shape index (κ3) is 4.41. The summed E-state index contributed by atoms with van der Waals surface area (Å²) in [4.78, 5) is 42.8. The number of imide groups is 1. The van der Waals surface area contributed by atoms with Crippen molar-refractivity contribution >= 4 is 34.6 Å². The van der Waals surface area contributed by atoms with E-state index in [4.69, 9.17) is 4.98 Å². The molecule has 32 heavy (non-hydrogen) atoms. The van der Waals surface area contributed by atoms with Gasteiger partial charge in [0, 0.05) is 12.3 Å². The summed E-state index contributed by atoms with van der Waals surface area (Å²) < 4.78 is 1.65. The van der Waals surface area contributed by atoms with E-state index in [9.17, 15) is 14.4 Å². The summed E-state index contributed by atoms with van der Waals surface area (Å²) in [5.41, 5.74) is 2.56. The highest BCUT2D eigenvalue weighted by Gasteiger charge is 2.27. The minimum absolute atomic E-state index is 0.0599. The second-order valence-electron chi connectivity index (χ2n) is 7.86. The van der Waals surface area contributed by atoms with E-state index in [2.05, 4.69) is 31.3 Å². The van der Waals surface area contributed by atoms with Gasteiger partial charge in [-0.1, -0.05) is 49.9 Å². The Morgan fingerprint density at radius 2 is 1.84 bits per heavy atom. The molecule has 2 aromatic carbocycles. The van der Waals surface area contributed by atoms with Crippen molar-refractivity contribution in [2.75, 3.05) is 18.8 Å². The molecular weight excluding hydrogens is 424 g/mol. The predicted molar refractivity (Wildman–Crippen MR) is 126 cm³/mol. The quantitative estimate of drug-likeness (QED) is 0.243. The van der Waals surface area contributed by atoms with Crippen LogP contribution in [0, 0.1) is 0 Å². The van der Waals surface area contributed by atoms with Gasteiger partial charge in [0.05, 0.1) is 23.1 Å². The van der Waals surface area contributed by atoms with Gasteiger partial charge < -0.3 is 5.32 Å². The van der Waals surface area contributed by atoms with Gasteiger partial charge in [0.15, 0.2) is 5.16 Å². The van der Waals surface area contributed by atoms with E-state index >= 15 is 0 Å². The van der Waals surface area contributed by atoms with Crippen molar-refractivity contribution in [1.29, 1.82) is 0 Å². The largest absolute Gasteiger partial charge is 0.329 e. The molecule has 0 bridgehead atoms. The molecule has 1 fully saturated rings. The second-order valence-corrected chi connectivity index (χ2v) is 8.92. The van der Waals surface area contributed by atoms with Crippen LogP contribution in [-0.2, 0) is 4.79 Å². The lowest BCUT2D eigenvalue weighted by Crippen LogP contribution is -2.32. The number of fused-ring (bicyclic) bond motifs is 1. The first-order valence-electron chi connectivity index (χ1n) is 10.8. The predicted octanol–water partition coefficient (Wildman–Crippen LogP) is 3.93. The maximum Gasteiger partial charge on any atom is 0.324 e. The Labute approximate surface area is 190 Å². The molecule has 7 nitrogen and oxygen atoms in total. The van der Waals surface area contributed by atoms with Crippen LogP contribution in [0.25, 0.3) is 16.6 Å². The number of carbonyl (C=O) groups excluding carboxylic acids is 2. The van der Waals surface area contributed by atoms with Crippen LogP contribution < -0.4 is 10.9 Å². The number of rotatable bonds is 8. The Bertz CT molecular complexity index is 1190. The Morgan fingerprint density at radius 3 is 2.53 bits per heavy atom. The Hall–Kier alpha value is -3.13. The molecule has 1 aliphatic heterocycles. The van der Waals surface area contributed by atoms with E-state index in [0.29, 0.717) is 40.7 Å². The van der Waals surface area contributed by atoms with E-state index < -0.39 is 0 Å². The molecule has 1 aliphatic rings. The number of nitrogens with one attached hydrogen (secondary N) is 1. The van der Waals surface area contributed by atoms with Crippen LogP contribution in [0.2, 0.25) is 0 Å². The SMILES string of the molecule is CCC(C)c1ccc(-n2c(SCCCN3C(=O)CNC3=O)nc3ccccc3c2=O)cc1. The summed E-state index contributed by atoms with van der Waals surface area (Å²) in [6.07, 6.45) is 1.66. The van der Waals surface area contributed by atoms with E-state index in [-0.39, 0.29) is 24.0 Å². The number of urea groups is 1. The fraction of sp³-hybridized carbons (Fsp3) is 0.333. The molecule has 3 aromatic rings. The van der Waals surface area contributed by atoms with E-state index in [1.165, 1.54) is 22.2 Å². The van der Waals surface area contributed by atoms with Crippen LogP contribution in [0.4, 0.5) is 4.79 Å². The number of amides is 3. The van der Waals surface area contributed by atoms with Gasteiger partial charge in [0.2, 0.25) is 5.91 Å². The summed E-state index contributed by atoms with van der Waals surface area (Å²) >= 11 is 1.45. The molecule has 1 N–H and O–H groups in total. The van der Waals surface area contributed by atoms with E-state index in [1.54, 1.807) is 10.6 Å². The molecule has 2 heterocycles. The van der Waals surface area contributed by atoms with Crippen molar-refractivity contribution in [2.24, 2.45) is 0 Å². The molecular formula is C24H26N4O3S. The first-order valence-corrected chi connectivity index (χ1v) is 11.8. The van der Waals surface area contributed by atoms with Crippen molar-refractivity contribution in [3.8, 4) is 5.69 Å². The molecule has 4 rings (SSSR count). The molecule has 0 aliphatic carbocycles. The second kappa shape index (κ2) is 9.56. The minimum atomic E-state index is -0.345. The third-order valence-corrected chi connectivity index (χ3v) is 6.80. The molecule has 3 amide bonds. The number of para-hydroxylation sites is 1. The highest BCUT2D eigenvalue weighted by molar-refractivity contribution is 7.99. The van der Waals surface area contributed by atoms with Crippen molar-refractivity contribution < 1.29 is 9.59 Å². The van der Waals surface area contributed by atoms with Gasteiger partial charge in [-0.05, 0) is 48.6 Å². The van der Waals surface area contributed by atoms with Crippen LogP contribution in [0.15, 0.2) is 58.5 Å². The topological polar surface area (TPSA) is 84.3 Å². The number of hydrogen-bond acceptors (Lipinski definition) is 5. The summed E-state index contributed by atoms with van der Waals surface area (Å²) in [5, 5.41) is 3.70. The summed E-state index contributed by atoms with van der Waals surface area (Å²) in [6.45, 7) is 4.75. The fourth-order valence-corrected chi connectivity index (χ4v) is 4.63. The van der Waals surface area contributed by atoms with E-state index in [1.807, 2.05) is 30.3 Å². The standard InChI is InChI=1S/C24H26N4O3S/c1-3-16(2)17-9-11-18(12-10-17)28-22(30)19-7-4-5-8-20(19)26-24(28)32-14-6-13-27-21(29)15-25-23(27)31/h4-5,7-12,16H,3,6,13-15H2,1-2H3,(H,25,31). The van der Waals surface area contributed by atoms with Crippen LogP contribution in [0.1, 0.15) is 38.2 Å². The highest BCUT2D eigenvalue weighted by Crippen LogP contribution is 2.24. The molecule has 166 valence electrons. The number of aromatic nitrogens is 2. The van der Waals surface area contributed by atoms with Crippen molar-refractivity contribution in [1.82, 2.24) is 19.8 Å². The zero-order valence-electron chi connectivity index (χ0n) is 18.2. The highest BCUT2D eigenvalue weighted by atomic mass is 32.2. The molecule has 1 aromatic heterocycles. The average molecular weight is 451 g/mol. The van der Waals surface area contributed by atoms with Gasteiger partial charge in [-0.25, -0.2) is 9.78 Å². The molecule has 0 saturated carbocycles. The minimum Gasteiger partial charge on any atom is -0.329 e. The normalized spacial score (nSPS) is 14.8. The van der Waals surface area contributed by atoms with Crippen molar-refractivity contribution in [3.05, 3.63) is 64.4 Å². The summed E-state index contributed by atoms with van der Waals surface area (Å²) in [6, 6.07) is 15.1. The summed E-state index contributed by atoms with van der Waals surface area (Å²) in [5.74, 6) is 0.865. The summed E-state index contributed by atoms with van der Waals surface area (Å²) in [7, 11) is 0. The van der Waals surface area contributed by atoms with Gasteiger partial charge >= 0.3 is 6.03 Å². The Morgan fingerprint density at radius 1 is 1.09 bits per heavy atom. The molecule has 1 saturated heterocycles. The van der Waals surface area contributed by atoms with Gasteiger partial charge in [-0.15, -0.1) is 0 Å². The third-order valence-electron chi connectivity index (χ3n) is 5.77. The molecule has 0 radical (unpaired) electrons. The maximum atomic E-state index is 13.4. The van der Waals surface area contributed by atoms with Gasteiger partial charge in [0.1, 0.15) is 0 Å². The number of hydrogen-bond donors (Lipinski definition) is 1. The number of benzene rings is 2. The van der Waals surface area contributed by atoms with Crippen LogP contribution in [0.5, 0.6) is 0 Å². The zero-order chi connectivity index (χ0) is 22.7.